The van der Waals surface area contributed by atoms with Crippen molar-refractivity contribution in [3.8, 4) is 6.07 Å². The number of carboxylic acids is 1. The summed E-state index contributed by atoms with van der Waals surface area (Å²) in [5, 5.41) is 17.1. The highest BCUT2D eigenvalue weighted by atomic mass is 16.4. The van der Waals surface area contributed by atoms with Crippen LogP contribution in [0.4, 0.5) is 0 Å². The molecule has 0 spiro atoms. The van der Waals surface area contributed by atoms with Crippen molar-refractivity contribution in [2.45, 2.75) is 6.92 Å². The van der Waals surface area contributed by atoms with E-state index in [1.54, 1.807) is 19.1 Å². The molecule has 1 rings (SSSR count). The summed E-state index contributed by atoms with van der Waals surface area (Å²) in [7, 11) is 0. The lowest BCUT2D eigenvalue weighted by Crippen LogP contribution is -2.04. The van der Waals surface area contributed by atoms with Crippen LogP contribution >= 0.6 is 0 Å². The summed E-state index contributed by atoms with van der Waals surface area (Å²) >= 11 is 0. The molecule has 1 aromatic heterocycles. The number of nitrogens with zero attached hydrogens (tertiary/aromatic N) is 2. The SMILES string of the molecule is Cc1ccc(C#N)c(C(=O)O)n1. The molecule has 0 saturated heterocycles. The predicted octanol–water partition coefficient (Wildman–Crippen LogP) is 0.960. The molecule has 0 aliphatic rings. The standard InChI is InChI=1S/C8H6N2O2/c1-5-2-3-6(4-9)7(10-5)8(11)12/h2-3H,1H3,(H,11,12). The maximum Gasteiger partial charge on any atom is 0.355 e. The van der Waals surface area contributed by atoms with Crippen molar-refractivity contribution in [1.82, 2.24) is 4.98 Å². The molecule has 12 heavy (non-hydrogen) atoms. The second-order valence-electron chi connectivity index (χ2n) is 2.27. The summed E-state index contributed by atoms with van der Waals surface area (Å²) in [6, 6.07) is 4.81. The molecule has 1 aromatic rings. The van der Waals surface area contributed by atoms with Gasteiger partial charge in [0.05, 0.1) is 5.56 Å². The Balaban J connectivity index is 3.34. The fourth-order valence-corrected chi connectivity index (χ4v) is 0.810. The third-order valence-electron chi connectivity index (χ3n) is 1.36. The van der Waals surface area contributed by atoms with Gasteiger partial charge in [0.2, 0.25) is 0 Å². The van der Waals surface area contributed by atoms with Crippen LogP contribution in [0.15, 0.2) is 12.1 Å². The Kier molecular flexibility index (Phi) is 2.06. The molecule has 0 aliphatic carbocycles. The average molecular weight is 162 g/mol. The van der Waals surface area contributed by atoms with E-state index < -0.39 is 5.97 Å². The molecule has 0 saturated carbocycles. The average Bonchev–Trinajstić information content (AvgIpc) is 2.04. The van der Waals surface area contributed by atoms with Gasteiger partial charge in [-0.2, -0.15) is 5.26 Å². The van der Waals surface area contributed by atoms with Crippen LogP contribution in [0.25, 0.3) is 0 Å². The number of carbonyl (C=O) groups is 1. The molecule has 0 aromatic carbocycles. The summed E-state index contributed by atoms with van der Waals surface area (Å²) in [6.07, 6.45) is 0. The Labute approximate surface area is 69.1 Å². The van der Waals surface area contributed by atoms with Gasteiger partial charge in [-0.25, -0.2) is 9.78 Å². The van der Waals surface area contributed by atoms with Gasteiger partial charge in [-0.3, -0.25) is 0 Å². The smallest absolute Gasteiger partial charge is 0.355 e. The zero-order valence-electron chi connectivity index (χ0n) is 6.40. The predicted molar refractivity (Wildman–Crippen MR) is 40.6 cm³/mol. The van der Waals surface area contributed by atoms with E-state index in [1.807, 2.05) is 0 Å². The van der Waals surface area contributed by atoms with Gasteiger partial charge in [-0.05, 0) is 19.1 Å². The third kappa shape index (κ3) is 1.40. The maximum atomic E-state index is 10.5. The van der Waals surface area contributed by atoms with Crippen LogP contribution in [0.1, 0.15) is 21.7 Å². The number of rotatable bonds is 1. The molecule has 1 heterocycles. The lowest BCUT2D eigenvalue weighted by Gasteiger charge is -1.97. The number of aromatic carboxylic acids is 1. The molecular formula is C8H6N2O2. The normalized spacial score (nSPS) is 9.00. The number of aromatic nitrogens is 1. The van der Waals surface area contributed by atoms with Crippen molar-refractivity contribution < 1.29 is 9.90 Å². The van der Waals surface area contributed by atoms with Crippen LogP contribution < -0.4 is 0 Å². The number of hydrogen-bond acceptors (Lipinski definition) is 3. The lowest BCUT2D eigenvalue weighted by atomic mass is 10.2. The summed E-state index contributed by atoms with van der Waals surface area (Å²) in [4.78, 5) is 14.2. The van der Waals surface area contributed by atoms with E-state index in [4.69, 9.17) is 10.4 Å². The highest BCUT2D eigenvalue weighted by Crippen LogP contribution is 2.05. The van der Waals surface area contributed by atoms with Crippen molar-refractivity contribution in [3.63, 3.8) is 0 Å². The quantitative estimate of drug-likeness (QED) is 0.667. The minimum Gasteiger partial charge on any atom is -0.476 e. The second kappa shape index (κ2) is 3.01. The Bertz CT molecular complexity index is 366. The highest BCUT2D eigenvalue weighted by molar-refractivity contribution is 5.88. The van der Waals surface area contributed by atoms with Gasteiger partial charge in [0, 0.05) is 5.69 Å². The fourth-order valence-electron chi connectivity index (χ4n) is 0.810. The first-order valence-corrected chi connectivity index (χ1v) is 3.26. The first-order chi connectivity index (χ1) is 5.65. The van der Waals surface area contributed by atoms with E-state index in [0.29, 0.717) is 5.69 Å². The van der Waals surface area contributed by atoms with Crippen LogP contribution in [-0.4, -0.2) is 16.1 Å². The Hall–Kier alpha value is -1.89. The molecule has 0 amide bonds. The van der Waals surface area contributed by atoms with Crippen LogP contribution in [0.5, 0.6) is 0 Å². The van der Waals surface area contributed by atoms with Gasteiger partial charge >= 0.3 is 5.97 Å². The summed E-state index contributed by atoms with van der Waals surface area (Å²) < 4.78 is 0. The number of nitriles is 1. The van der Waals surface area contributed by atoms with Crippen LogP contribution in [-0.2, 0) is 0 Å². The van der Waals surface area contributed by atoms with E-state index in [-0.39, 0.29) is 11.3 Å². The fraction of sp³-hybridized carbons (Fsp3) is 0.125. The minimum atomic E-state index is -1.17. The van der Waals surface area contributed by atoms with Crippen LogP contribution in [0, 0.1) is 18.3 Å². The zero-order chi connectivity index (χ0) is 9.14. The highest BCUT2D eigenvalue weighted by Gasteiger charge is 2.10. The molecule has 1 N–H and O–H groups in total. The summed E-state index contributed by atoms with van der Waals surface area (Å²) in [6.45, 7) is 1.67. The molecule has 0 radical (unpaired) electrons. The van der Waals surface area contributed by atoms with Gasteiger partial charge in [0.1, 0.15) is 6.07 Å². The van der Waals surface area contributed by atoms with Crippen molar-refractivity contribution in [3.05, 3.63) is 29.1 Å². The maximum absolute atomic E-state index is 10.5. The lowest BCUT2D eigenvalue weighted by molar-refractivity contribution is 0.0690. The Morgan fingerprint density at radius 1 is 1.67 bits per heavy atom. The van der Waals surface area contributed by atoms with E-state index >= 15 is 0 Å². The number of pyridine rings is 1. The summed E-state index contributed by atoms with van der Waals surface area (Å²) in [5.41, 5.74) is 0.497. The largest absolute Gasteiger partial charge is 0.476 e. The number of carboxylic acid groups (broad SMARTS) is 1. The van der Waals surface area contributed by atoms with Crippen LogP contribution in [0.3, 0.4) is 0 Å². The van der Waals surface area contributed by atoms with Crippen molar-refractivity contribution >= 4 is 5.97 Å². The Morgan fingerprint density at radius 2 is 2.33 bits per heavy atom. The van der Waals surface area contributed by atoms with Gasteiger partial charge in [-0.15, -0.1) is 0 Å². The molecule has 0 aliphatic heterocycles. The van der Waals surface area contributed by atoms with Gasteiger partial charge in [-0.1, -0.05) is 0 Å². The molecule has 0 atom stereocenters. The first kappa shape index (κ1) is 8.21. The third-order valence-corrected chi connectivity index (χ3v) is 1.36. The van der Waals surface area contributed by atoms with E-state index in [2.05, 4.69) is 4.98 Å². The van der Waals surface area contributed by atoms with E-state index in [9.17, 15) is 4.79 Å². The van der Waals surface area contributed by atoms with Gasteiger partial charge < -0.3 is 5.11 Å². The monoisotopic (exact) mass is 162 g/mol. The van der Waals surface area contributed by atoms with E-state index in [1.165, 1.54) is 6.07 Å². The molecule has 60 valence electrons. The minimum absolute atomic E-state index is 0.0908. The number of hydrogen-bond donors (Lipinski definition) is 1. The molecule has 4 nitrogen and oxygen atoms in total. The molecule has 0 fully saturated rings. The Morgan fingerprint density at radius 3 is 2.83 bits per heavy atom. The molecular weight excluding hydrogens is 156 g/mol. The molecule has 0 unspecified atom stereocenters. The van der Waals surface area contributed by atoms with Crippen molar-refractivity contribution in [1.29, 1.82) is 5.26 Å². The topological polar surface area (TPSA) is 74.0 Å². The van der Waals surface area contributed by atoms with Gasteiger partial charge in [0.25, 0.3) is 0 Å². The van der Waals surface area contributed by atoms with E-state index in [0.717, 1.165) is 0 Å². The molecule has 0 bridgehead atoms. The van der Waals surface area contributed by atoms with Gasteiger partial charge in [0.15, 0.2) is 5.69 Å². The number of aryl methyl sites for hydroxylation is 1. The zero-order valence-corrected chi connectivity index (χ0v) is 6.40. The summed E-state index contributed by atoms with van der Waals surface area (Å²) in [5.74, 6) is -1.17. The second-order valence-corrected chi connectivity index (χ2v) is 2.27. The van der Waals surface area contributed by atoms with Crippen molar-refractivity contribution in [2.24, 2.45) is 0 Å². The van der Waals surface area contributed by atoms with Crippen LogP contribution in [0.2, 0.25) is 0 Å². The van der Waals surface area contributed by atoms with Crippen molar-refractivity contribution in [2.75, 3.05) is 0 Å². The molecule has 4 heteroatoms. The first-order valence-electron chi connectivity index (χ1n) is 3.26.